The topological polar surface area (TPSA) is 23.8 Å². The van der Waals surface area contributed by atoms with Crippen LogP contribution in [-0.4, -0.2) is 8.07 Å². The molecule has 2 heteroatoms. The van der Waals surface area contributed by atoms with E-state index in [0.717, 1.165) is 5.54 Å². The van der Waals surface area contributed by atoms with Crippen LogP contribution in [0.1, 0.15) is 26.2 Å². The Morgan fingerprint density at radius 3 is 2.09 bits per heavy atom. The van der Waals surface area contributed by atoms with E-state index in [9.17, 15) is 0 Å². The lowest BCUT2D eigenvalue weighted by Crippen LogP contribution is -2.33. The highest BCUT2D eigenvalue weighted by atomic mass is 28.3. The van der Waals surface area contributed by atoms with Crippen molar-refractivity contribution in [2.45, 2.75) is 50.9 Å². The fraction of sp³-hybridized carbons (Fsp3) is 0.889. The average Bonchev–Trinajstić information content (AvgIpc) is 2.00. The maximum Gasteiger partial charge on any atom is 0.0502 e. The molecule has 1 atom stereocenters. The largest absolute Gasteiger partial charge is 0.202 e. The maximum atomic E-state index is 6.50. The van der Waals surface area contributed by atoms with Gasteiger partial charge in [0.05, 0.1) is 8.07 Å². The van der Waals surface area contributed by atoms with Crippen LogP contribution < -0.4 is 0 Å². The first-order valence-electron chi connectivity index (χ1n) is 4.39. The second kappa shape index (κ2) is 4.56. The van der Waals surface area contributed by atoms with Crippen LogP contribution in [0.15, 0.2) is 0 Å². The van der Waals surface area contributed by atoms with Crippen molar-refractivity contribution in [3.05, 3.63) is 0 Å². The molecule has 64 valence electrons. The van der Waals surface area contributed by atoms with Gasteiger partial charge in [-0.1, -0.05) is 45.3 Å². The minimum atomic E-state index is -0.694. The van der Waals surface area contributed by atoms with Crippen molar-refractivity contribution >= 4 is 8.07 Å². The molecule has 0 aliphatic carbocycles. The van der Waals surface area contributed by atoms with Gasteiger partial charge in [-0.05, 0) is 5.54 Å². The molecule has 1 saturated heterocycles. The number of rotatable bonds is 0. The van der Waals surface area contributed by atoms with Gasteiger partial charge in [0.25, 0.3) is 0 Å². The Morgan fingerprint density at radius 2 is 1.82 bits per heavy atom. The van der Waals surface area contributed by atoms with Gasteiger partial charge in [0.2, 0.25) is 0 Å². The Morgan fingerprint density at radius 1 is 1.27 bits per heavy atom. The van der Waals surface area contributed by atoms with Gasteiger partial charge in [0.15, 0.2) is 0 Å². The highest BCUT2D eigenvalue weighted by Gasteiger charge is 2.30. The predicted molar refractivity (Wildman–Crippen MR) is 52.2 cm³/mol. The zero-order valence-electron chi connectivity index (χ0n) is 7.93. The molecule has 1 unspecified atom stereocenters. The Hall–Kier alpha value is -0.293. The van der Waals surface area contributed by atoms with E-state index < -0.39 is 8.07 Å². The second-order valence-corrected chi connectivity index (χ2v) is 9.60. The first-order chi connectivity index (χ1) is 5.13. The summed E-state index contributed by atoms with van der Waals surface area (Å²) in [5.74, 6) is 0. The van der Waals surface area contributed by atoms with Crippen LogP contribution in [0, 0.1) is 11.8 Å². The van der Waals surface area contributed by atoms with Crippen molar-refractivity contribution in [3.8, 4) is 6.57 Å². The first kappa shape index (κ1) is 10.7. The van der Waals surface area contributed by atoms with Crippen LogP contribution >= 0.6 is 0 Å². The molecule has 0 spiro atoms. The summed E-state index contributed by atoms with van der Waals surface area (Å²) in [6, 6.07) is 1.58. The summed E-state index contributed by atoms with van der Waals surface area (Å²) in [5, 5.41) is 6.50. The zero-order valence-corrected chi connectivity index (χ0v) is 8.93. The summed E-state index contributed by atoms with van der Waals surface area (Å²) >= 11 is 0. The molecule has 1 aliphatic rings. The third-order valence-electron chi connectivity index (χ3n) is 3.04. The van der Waals surface area contributed by atoms with E-state index in [2.05, 4.69) is 26.6 Å². The molecule has 0 bridgehead atoms. The summed E-state index contributed by atoms with van der Waals surface area (Å²) < 4.78 is 0. The van der Waals surface area contributed by atoms with E-state index in [-0.39, 0.29) is 0 Å². The SMILES string of the molecule is C#N.CC1CCCC[Si]1(C)C. The van der Waals surface area contributed by atoms with Crippen molar-refractivity contribution in [2.75, 3.05) is 0 Å². The molecule has 0 N–H and O–H groups in total. The van der Waals surface area contributed by atoms with Crippen LogP contribution in [-0.2, 0) is 0 Å². The lowest BCUT2D eigenvalue weighted by atomic mass is 10.2. The van der Waals surface area contributed by atoms with E-state index in [1.54, 1.807) is 6.04 Å². The molecule has 1 heterocycles. The predicted octanol–water partition coefficient (Wildman–Crippen LogP) is 3.41. The number of hydrogen-bond donors (Lipinski definition) is 0. The van der Waals surface area contributed by atoms with E-state index in [0.29, 0.717) is 0 Å². The molecule has 0 radical (unpaired) electrons. The maximum absolute atomic E-state index is 6.50. The number of hydrogen-bond acceptors (Lipinski definition) is 1. The molecule has 0 aromatic heterocycles. The standard InChI is InChI=1S/C8H18Si.CHN/c1-8-6-4-5-7-9(8,2)3;1-2/h8H,4-7H2,1-3H3;1H. The smallest absolute Gasteiger partial charge is 0.0502 e. The molecule has 0 saturated carbocycles. The lowest BCUT2D eigenvalue weighted by molar-refractivity contribution is 0.635. The lowest BCUT2D eigenvalue weighted by Gasteiger charge is -2.34. The van der Waals surface area contributed by atoms with Gasteiger partial charge < -0.3 is 0 Å². The molecular weight excluding hydrogens is 150 g/mol. The molecule has 0 aromatic carbocycles. The van der Waals surface area contributed by atoms with Gasteiger partial charge in [-0.15, -0.1) is 0 Å². The van der Waals surface area contributed by atoms with Gasteiger partial charge in [-0.3, -0.25) is 0 Å². The minimum Gasteiger partial charge on any atom is -0.202 e. The van der Waals surface area contributed by atoms with E-state index >= 15 is 0 Å². The van der Waals surface area contributed by atoms with Gasteiger partial charge in [-0.2, -0.15) is 0 Å². The molecule has 1 fully saturated rings. The fourth-order valence-corrected chi connectivity index (χ4v) is 4.31. The second-order valence-electron chi connectivity index (χ2n) is 4.14. The average molecular weight is 169 g/mol. The third kappa shape index (κ3) is 3.07. The fourth-order valence-electron chi connectivity index (χ4n) is 1.67. The molecule has 1 nitrogen and oxygen atoms in total. The van der Waals surface area contributed by atoms with Gasteiger partial charge in [0, 0.05) is 6.57 Å². The van der Waals surface area contributed by atoms with Crippen LogP contribution in [0.2, 0.25) is 24.7 Å². The highest BCUT2D eigenvalue weighted by Crippen LogP contribution is 2.36. The van der Waals surface area contributed by atoms with Crippen molar-refractivity contribution in [3.63, 3.8) is 0 Å². The van der Waals surface area contributed by atoms with Crippen molar-refractivity contribution in [1.82, 2.24) is 0 Å². The van der Waals surface area contributed by atoms with Gasteiger partial charge in [0.1, 0.15) is 0 Å². The molecule has 11 heavy (non-hydrogen) atoms. The van der Waals surface area contributed by atoms with Gasteiger partial charge in [-0.25, -0.2) is 5.26 Å². The first-order valence-corrected chi connectivity index (χ1v) is 7.67. The highest BCUT2D eigenvalue weighted by molar-refractivity contribution is 6.78. The number of nitriles is 1. The summed E-state index contributed by atoms with van der Waals surface area (Å²) in [6.07, 6.45) is 4.53. The monoisotopic (exact) mass is 169 g/mol. The summed E-state index contributed by atoms with van der Waals surface area (Å²) in [4.78, 5) is 0. The Labute approximate surface area is 71.4 Å². The minimum absolute atomic E-state index is 0.694. The Bertz CT molecular complexity index is 129. The third-order valence-corrected chi connectivity index (χ3v) is 7.64. The van der Waals surface area contributed by atoms with E-state index in [1.165, 1.54) is 19.3 Å². The van der Waals surface area contributed by atoms with Crippen LogP contribution in [0.5, 0.6) is 0 Å². The molecule has 1 rings (SSSR count). The number of nitrogens with zero attached hydrogens (tertiary/aromatic N) is 1. The van der Waals surface area contributed by atoms with E-state index in [4.69, 9.17) is 5.26 Å². The van der Waals surface area contributed by atoms with E-state index in [1.807, 2.05) is 0 Å². The summed E-state index contributed by atoms with van der Waals surface area (Å²) in [7, 11) is -0.694. The zero-order chi connectivity index (χ0) is 8.91. The molecule has 0 aromatic rings. The molecular formula is C9H19NSi. The summed E-state index contributed by atoms with van der Waals surface area (Å²) in [6.45, 7) is 11.0. The van der Waals surface area contributed by atoms with Gasteiger partial charge >= 0.3 is 0 Å². The van der Waals surface area contributed by atoms with Crippen LogP contribution in [0.3, 0.4) is 0 Å². The Balaban J connectivity index is 0.000000461. The van der Waals surface area contributed by atoms with Crippen molar-refractivity contribution in [2.24, 2.45) is 0 Å². The van der Waals surface area contributed by atoms with Crippen molar-refractivity contribution < 1.29 is 0 Å². The Kier molecular flexibility index (Phi) is 4.44. The molecule has 0 amide bonds. The van der Waals surface area contributed by atoms with Crippen LogP contribution in [0.25, 0.3) is 0 Å². The molecule has 1 aliphatic heterocycles. The summed E-state index contributed by atoms with van der Waals surface area (Å²) in [5.41, 5.74) is 1.09. The normalized spacial score (nSPS) is 28.3. The quantitative estimate of drug-likeness (QED) is 0.510. The van der Waals surface area contributed by atoms with Crippen molar-refractivity contribution in [1.29, 1.82) is 5.26 Å². The van der Waals surface area contributed by atoms with Crippen LogP contribution in [0.4, 0.5) is 0 Å².